The first kappa shape index (κ1) is 21.6. The zero-order valence-electron chi connectivity index (χ0n) is 17.5. The van der Waals surface area contributed by atoms with Crippen molar-refractivity contribution in [1.29, 1.82) is 0 Å². The number of nitrogens with zero attached hydrogens (tertiary/aromatic N) is 1. The number of allylic oxidation sites excluding steroid dienone is 2. The average molecular weight is 416 g/mol. The number of thioether (sulfide) groups is 1. The summed E-state index contributed by atoms with van der Waals surface area (Å²) in [6.45, 7) is 8.39. The smallest absolute Gasteiger partial charge is 0.315 e. The molecule has 5 nitrogen and oxygen atoms in total. The lowest BCUT2D eigenvalue weighted by Crippen LogP contribution is -2.39. The summed E-state index contributed by atoms with van der Waals surface area (Å²) in [7, 11) is 0. The molecule has 6 heteroatoms. The summed E-state index contributed by atoms with van der Waals surface area (Å²) < 4.78 is 5.56. The molecule has 1 heterocycles. The van der Waals surface area contributed by atoms with Crippen LogP contribution in [0.25, 0.3) is 0 Å². The van der Waals surface area contributed by atoms with E-state index in [1.165, 1.54) is 0 Å². The minimum absolute atomic E-state index is 0.0462. The molecule has 1 aliphatic carbocycles. The Morgan fingerprint density at radius 2 is 1.97 bits per heavy atom. The van der Waals surface area contributed by atoms with E-state index in [9.17, 15) is 14.7 Å². The van der Waals surface area contributed by atoms with E-state index in [1.807, 2.05) is 6.92 Å². The molecule has 1 aliphatic heterocycles. The minimum Gasteiger partial charge on any atom is -0.508 e. The molecule has 2 aliphatic rings. The van der Waals surface area contributed by atoms with Crippen LogP contribution in [0.1, 0.15) is 52.0 Å². The van der Waals surface area contributed by atoms with Gasteiger partial charge in [-0.2, -0.15) is 11.8 Å². The fourth-order valence-corrected chi connectivity index (χ4v) is 4.72. The molecule has 2 atom stereocenters. The number of carbonyl (C=O) groups is 2. The Balaban J connectivity index is 2.01. The van der Waals surface area contributed by atoms with E-state index < -0.39 is 11.8 Å². The van der Waals surface area contributed by atoms with Gasteiger partial charge in [0, 0.05) is 35.1 Å². The lowest BCUT2D eigenvalue weighted by Gasteiger charge is -2.39. The number of Topliss-reactive ketones (excluding diaryl/α,β-unsaturated/α-hetero) is 1. The second kappa shape index (κ2) is 8.74. The summed E-state index contributed by atoms with van der Waals surface area (Å²) >= 11 is 1.72. The summed E-state index contributed by atoms with van der Waals surface area (Å²) in [5.41, 5.74) is 2.77. The monoisotopic (exact) mass is 415 g/mol. The quantitative estimate of drug-likeness (QED) is 0.547. The first-order valence-corrected chi connectivity index (χ1v) is 11.2. The molecule has 0 radical (unpaired) electrons. The van der Waals surface area contributed by atoms with Crippen molar-refractivity contribution in [1.82, 2.24) is 0 Å². The van der Waals surface area contributed by atoms with Gasteiger partial charge in [-0.3, -0.25) is 14.6 Å². The molecular weight excluding hydrogens is 386 g/mol. The van der Waals surface area contributed by atoms with Crippen molar-refractivity contribution >= 4 is 29.2 Å². The van der Waals surface area contributed by atoms with E-state index in [0.29, 0.717) is 30.7 Å². The second-order valence-corrected chi connectivity index (χ2v) is 9.86. The number of hydrogen-bond donors (Lipinski definition) is 1. The zero-order chi connectivity index (χ0) is 21.2. The Hall–Kier alpha value is -2.08. The van der Waals surface area contributed by atoms with Crippen LogP contribution in [0.15, 0.2) is 40.5 Å². The zero-order valence-corrected chi connectivity index (χ0v) is 18.3. The van der Waals surface area contributed by atoms with Crippen LogP contribution in [-0.2, 0) is 14.3 Å². The number of carbonyl (C=O) groups excluding carboxylic acids is 2. The number of aromatic hydroxyl groups is 1. The van der Waals surface area contributed by atoms with E-state index in [2.05, 4.69) is 20.8 Å². The molecule has 1 aromatic carbocycles. The molecule has 0 aromatic heterocycles. The Morgan fingerprint density at radius 3 is 2.62 bits per heavy atom. The molecule has 0 saturated heterocycles. The van der Waals surface area contributed by atoms with Gasteiger partial charge in [0.1, 0.15) is 18.3 Å². The fraction of sp³-hybridized carbons (Fsp3) is 0.522. The van der Waals surface area contributed by atoms with Gasteiger partial charge in [-0.25, -0.2) is 0 Å². The van der Waals surface area contributed by atoms with Crippen LogP contribution in [-0.4, -0.2) is 40.7 Å². The summed E-state index contributed by atoms with van der Waals surface area (Å²) in [6, 6.07) is 6.75. The summed E-state index contributed by atoms with van der Waals surface area (Å²) in [6.07, 6.45) is 1.14. The molecule has 1 N–H and O–H groups in total. The molecule has 0 saturated carbocycles. The van der Waals surface area contributed by atoms with Crippen molar-refractivity contribution in [2.75, 3.05) is 18.1 Å². The van der Waals surface area contributed by atoms with Crippen molar-refractivity contribution in [2.24, 2.45) is 16.3 Å². The van der Waals surface area contributed by atoms with Crippen LogP contribution in [0, 0.1) is 11.3 Å². The lowest BCUT2D eigenvalue weighted by atomic mass is 9.67. The van der Waals surface area contributed by atoms with Crippen molar-refractivity contribution in [3.05, 3.63) is 41.1 Å². The van der Waals surface area contributed by atoms with Gasteiger partial charge in [-0.1, -0.05) is 32.9 Å². The molecular formula is C23H29NO4S. The molecule has 0 amide bonds. The molecule has 1 aromatic rings. The van der Waals surface area contributed by atoms with Crippen LogP contribution in [0.3, 0.4) is 0 Å². The van der Waals surface area contributed by atoms with E-state index in [-0.39, 0.29) is 22.9 Å². The SMILES string of the molecule is CCSCCOC(=O)C1C(C)=NC2=C(C(=O)CC(C)(C)C2)[C@@H]1c1ccc(O)cc1. The summed E-state index contributed by atoms with van der Waals surface area (Å²) in [5.74, 6) is 0.507. The third-order valence-corrected chi connectivity index (χ3v) is 6.35. The maximum absolute atomic E-state index is 13.1. The normalized spacial score (nSPS) is 23.4. The fourth-order valence-electron chi connectivity index (χ4n) is 4.23. The van der Waals surface area contributed by atoms with Crippen molar-refractivity contribution < 1.29 is 19.4 Å². The first-order valence-electron chi connectivity index (χ1n) is 10.1. The first-order chi connectivity index (χ1) is 13.7. The molecule has 156 valence electrons. The van der Waals surface area contributed by atoms with Crippen molar-refractivity contribution in [3.63, 3.8) is 0 Å². The number of hydrogen-bond acceptors (Lipinski definition) is 6. The molecule has 0 bridgehead atoms. The third kappa shape index (κ3) is 4.74. The van der Waals surface area contributed by atoms with Gasteiger partial charge in [0.15, 0.2) is 5.78 Å². The Bertz CT molecular complexity index is 854. The van der Waals surface area contributed by atoms with Crippen molar-refractivity contribution in [3.8, 4) is 5.75 Å². The highest BCUT2D eigenvalue weighted by Crippen LogP contribution is 2.48. The molecule has 1 unspecified atom stereocenters. The summed E-state index contributed by atoms with van der Waals surface area (Å²) in [5, 5.41) is 9.71. The topological polar surface area (TPSA) is 76.0 Å². The van der Waals surface area contributed by atoms with Gasteiger partial charge in [0.05, 0.1) is 0 Å². The van der Waals surface area contributed by atoms with Gasteiger partial charge in [0.2, 0.25) is 0 Å². The Morgan fingerprint density at radius 1 is 1.28 bits per heavy atom. The largest absolute Gasteiger partial charge is 0.508 e. The predicted octanol–water partition coefficient (Wildman–Crippen LogP) is 4.51. The maximum Gasteiger partial charge on any atom is 0.315 e. The second-order valence-electron chi connectivity index (χ2n) is 8.47. The number of esters is 1. The summed E-state index contributed by atoms with van der Waals surface area (Å²) in [4.78, 5) is 30.9. The molecule has 0 fully saturated rings. The standard InChI is InChI=1S/C23H29NO4S/c1-5-29-11-10-28-22(27)19-14(2)24-17-12-23(3,4)13-18(26)21(17)20(19)15-6-8-16(25)9-7-15/h6-9,19-20,25H,5,10-13H2,1-4H3/t19?,20-/m1/s1. The van der Waals surface area contributed by atoms with Crippen LogP contribution in [0.4, 0.5) is 0 Å². The van der Waals surface area contributed by atoms with Crippen molar-refractivity contribution in [2.45, 2.75) is 46.5 Å². The lowest BCUT2D eigenvalue weighted by molar-refractivity contribution is -0.145. The molecule has 0 spiro atoms. The van der Waals surface area contributed by atoms with Crippen LogP contribution < -0.4 is 0 Å². The number of aliphatic imine (C=N–C) groups is 1. The van der Waals surface area contributed by atoms with E-state index in [0.717, 1.165) is 22.8 Å². The number of benzene rings is 1. The highest BCUT2D eigenvalue weighted by molar-refractivity contribution is 7.99. The van der Waals surface area contributed by atoms with Crippen LogP contribution >= 0.6 is 11.8 Å². The van der Waals surface area contributed by atoms with Gasteiger partial charge in [0.25, 0.3) is 0 Å². The van der Waals surface area contributed by atoms with Gasteiger partial charge >= 0.3 is 5.97 Å². The predicted molar refractivity (Wildman–Crippen MR) is 116 cm³/mol. The van der Waals surface area contributed by atoms with Gasteiger partial charge in [-0.05, 0) is 42.2 Å². The highest BCUT2D eigenvalue weighted by Gasteiger charge is 2.45. The number of ketones is 1. The van der Waals surface area contributed by atoms with E-state index >= 15 is 0 Å². The Kier molecular flexibility index (Phi) is 6.52. The minimum atomic E-state index is -0.630. The maximum atomic E-state index is 13.1. The third-order valence-electron chi connectivity index (χ3n) is 5.48. The molecule has 3 rings (SSSR count). The van der Waals surface area contributed by atoms with Crippen LogP contribution in [0.5, 0.6) is 5.75 Å². The molecule has 29 heavy (non-hydrogen) atoms. The van der Waals surface area contributed by atoms with E-state index in [4.69, 9.17) is 9.73 Å². The highest BCUT2D eigenvalue weighted by atomic mass is 32.2. The number of ether oxygens (including phenoxy) is 1. The Labute approximate surface area is 176 Å². The van der Waals surface area contributed by atoms with Crippen LogP contribution in [0.2, 0.25) is 0 Å². The number of phenols is 1. The van der Waals surface area contributed by atoms with E-state index in [1.54, 1.807) is 36.0 Å². The number of rotatable bonds is 6. The van der Waals surface area contributed by atoms with Gasteiger partial charge < -0.3 is 9.84 Å². The number of phenolic OH excluding ortho intramolecular Hbond substituents is 1. The average Bonchev–Trinajstić information content (AvgIpc) is 2.63. The van der Waals surface area contributed by atoms with Gasteiger partial charge in [-0.15, -0.1) is 0 Å².